The van der Waals surface area contributed by atoms with Crippen molar-refractivity contribution in [2.24, 2.45) is 0 Å². The Morgan fingerprint density at radius 3 is 1.08 bits per heavy atom. The second kappa shape index (κ2) is 10.0. The number of nitrogens with one attached hydrogen (secondary N) is 2. The molecule has 5 rings (SSSR count). The molecule has 5 aromatic rings. The predicted octanol–water partition coefficient (Wildman–Crippen LogP) is 6.61. The van der Waals surface area contributed by atoms with Crippen molar-refractivity contribution in [1.82, 2.24) is 9.97 Å². The van der Waals surface area contributed by atoms with E-state index in [1.807, 2.05) is 86.6 Å². The molecule has 0 radical (unpaired) electrons. The first kappa shape index (κ1) is 23.9. The summed E-state index contributed by atoms with van der Waals surface area (Å²) in [4.78, 5) is 6.96. The maximum Gasteiger partial charge on any atom is 0.119 e. The number of aliphatic hydroxyl groups excluding tert-OH is 2. The van der Waals surface area contributed by atoms with E-state index in [4.69, 9.17) is 0 Å². The molecule has 4 nitrogen and oxygen atoms in total. The van der Waals surface area contributed by atoms with E-state index >= 15 is 0 Å². The number of aliphatic hydroxyl groups is 2. The lowest BCUT2D eigenvalue weighted by molar-refractivity contribution is 0.216. The predicted molar refractivity (Wildman–Crippen MR) is 144 cm³/mol. The van der Waals surface area contributed by atoms with E-state index < -0.39 is 12.2 Å². The van der Waals surface area contributed by atoms with Crippen LogP contribution in [0.25, 0.3) is 0 Å². The van der Waals surface area contributed by atoms with Crippen molar-refractivity contribution in [3.05, 3.63) is 153 Å². The molecular weight excluding hydrogens is 444 g/mol. The molecule has 3 aromatic carbocycles. The van der Waals surface area contributed by atoms with Gasteiger partial charge in [-0.05, 0) is 61.7 Å². The van der Waals surface area contributed by atoms with E-state index in [0.717, 1.165) is 50.6 Å². The van der Waals surface area contributed by atoms with E-state index in [9.17, 15) is 10.2 Å². The van der Waals surface area contributed by atoms with Gasteiger partial charge in [0.15, 0.2) is 0 Å². The maximum absolute atomic E-state index is 11.0. The minimum absolute atomic E-state index is 0.108. The molecule has 182 valence electrons. The molecule has 2 unspecified atom stereocenters. The number of aromatic nitrogens is 2. The number of benzene rings is 3. The van der Waals surface area contributed by atoms with Gasteiger partial charge in [-0.1, -0.05) is 89.5 Å². The van der Waals surface area contributed by atoms with Crippen molar-refractivity contribution in [3.63, 3.8) is 0 Å². The molecular formula is C32H32N2O2. The standard InChI is InChI=1S/C32H32N2O2/c1-20-4-10-23(11-5-20)30(26-16-18-28(33-26)31(35)24-12-6-21(2)7-13-24)27-17-19-29(34-27)32(36)25-14-8-22(3)9-15-25/h4-19,30-36H,1-3H3. The Labute approximate surface area is 212 Å². The molecule has 2 heterocycles. The Kier molecular flexibility index (Phi) is 6.64. The van der Waals surface area contributed by atoms with Crippen LogP contribution in [0.5, 0.6) is 0 Å². The molecule has 2 aromatic heterocycles. The maximum atomic E-state index is 11.0. The Balaban J connectivity index is 1.50. The summed E-state index contributed by atoms with van der Waals surface area (Å²) in [6.07, 6.45) is -1.47. The topological polar surface area (TPSA) is 72.0 Å². The smallest absolute Gasteiger partial charge is 0.119 e. The third-order valence-corrected chi connectivity index (χ3v) is 6.87. The molecule has 0 aliphatic heterocycles. The summed E-state index contributed by atoms with van der Waals surface area (Å²) in [5.74, 6) is -0.108. The molecule has 0 aliphatic rings. The minimum Gasteiger partial charge on any atom is -0.382 e. The van der Waals surface area contributed by atoms with E-state index in [-0.39, 0.29) is 5.92 Å². The van der Waals surface area contributed by atoms with Crippen LogP contribution in [0.4, 0.5) is 0 Å². The highest BCUT2D eigenvalue weighted by Gasteiger charge is 2.23. The van der Waals surface area contributed by atoms with Crippen LogP contribution >= 0.6 is 0 Å². The number of hydrogen-bond acceptors (Lipinski definition) is 2. The van der Waals surface area contributed by atoms with Crippen molar-refractivity contribution >= 4 is 0 Å². The Morgan fingerprint density at radius 2 is 0.722 bits per heavy atom. The largest absolute Gasteiger partial charge is 0.382 e. The normalized spacial score (nSPS) is 13.9. The van der Waals surface area contributed by atoms with Crippen LogP contribution in [0.3, 0.4) is 0 Å². The van der Waals surface area contributed by atoms with Gasteiger partial charge in [-0.15, -0.1) is 0 Å². The van der Waals surface area contributed by atoms with Crippen LogP contribution in [-0.2, 0) is 0 Å². The average molecular weight is 477 g/mol. The highest BCUT2D eigenvalue weighted by molar-refractivity contribution is 5.42. The molecule has 4 heteroatoms. The van der Waals surface area contributed by atoms with Gasteiger partial charge in [-0.2, -0.15) is 0 Å². The highest BCUT2D eigenvalue weighted by atomic mass is 16.3. The van der Waals surface area contributed by atoms with E-state index in [1.165, 1.54) is 5.56 Å². The van der Waals surface area contributed by atoms with Crippen LogP contribution in [0.15, 0.2) is 97.1 Å². The molecule has 0 bridgehead atoms. The van der Waals surface area contributed by atoms with Crippen LogP contribution in [0.1, 0.15) is 74.3 Å². The van der Waals surface area contributed by atoms with Crippen LogP contribution in [-0.4, -0.2) is 20.2 Å². The van der Waals surface area contributed by atoms with Crippen molar-refractivity contribution < 1.29 is 10.2 Å². The van der Waals surface area contributed by atoms with Crippen LogP contribution < -0.4 is 0 Å². The van der Waals surface area contributed by atoms with Gasteiger partial charge in [-0.3, -0.25) is 0 Å². The zero-order valence-corrected chi connectivity index (χ0v) is 20.9. The fraction of sp³-hybridized carbons (Fsp3) is 0.188. The summed E-state index contributed by atoms with van der Waals surface area (Å²) < 4.78 is 0. The van der Waals surface area contributed by atoms with Crippen LogP contribution in [0, 0.1) is 20.8 Å². The molecule has 0 spiro atoms. The number of rotatable bonds is 7. The summed E-state index contributed by atoms with van der Waals surface area (Å²) in [6.45, 7) is 6.15. The van der Waals surface area contributed by atoms with Crippen molar-refractivity contribution in [2.45, 2.75) is 38.9 Å². The summed E-state index contributed by atoms with van der Waals surface area (Å²) in [5.41, 5.74) is 9.78. The number of aromatic amines is 2. The molecule has 0 aliphatic carbocycles. The fourth-order valence-electron chi connectivity index (χ4n) is 4.66. The average Bonchev–Trinajstić information content (AvgIpc) is 3.56. The molecule has 0 saturated heterocycles. The number of hydrogen-bond donors (Lipinski definition) is 4. The third-order valence-electron chi connectivity index (χ3n) is 6.87. The van der Waals surface area contributed by atoms with Gasteiger partial charge in [0, 0.05) is 22.8 Å². The van der Waals surface area contributed by atoms with Crippen molar-refractivity contribution in [1.29, 1.82) is 0 Å². The molecule has 0 amide bonds. The van der Waals surface area contributed by atoms with Gasteiger partial charge in [0.1, 0.15) is 12.2 Å². The molecule has 2 atom stereocenters. The first-order chi connectivity index (χ1) is 17.4. The lowest BCUT2D eigenvalue weighted by atomic mass is 9.92. The van der Waals surface area contributed by atoms with Gasteiger partial charge >= 0.3 is 0 Å². The zero-order valence-electron chi connectivity index (χ0n) is 20.9. The van der Waals surface area contributed by atoms with E-state index in [2.05, 4.69) is 41.2 Å². The van der Waals surface area contributed by atoms with Gasteiger partial charge in [0.25, 0.3) is 0 Å². The summed E-state index contributed by atoms with van der Waals surface area (Å²) in [6, 6.07) is 32.3. The quantitative estimate of drug-likeness (QED) is 0.213. The summed E-state index contributed by atoms with van der Waals surface area (Å²) >= 11 is 0. The lowest BCUT2D eigenvalue weighted by Gasteiger charge is -2.17. The second-order valence-corrected chi connectivity index (χ2v) is 9.71. The first-order valence-corrected chi connectivity index (χ1v) is 12.3. The molecule has 4 N–H and O–H groups in total. The van der Waals surface area contributed by atoms with Crippen molar-refractivity contribution in [3.8, 4) is 0 Å². The molecule has 0 fully saturated rings. The Bertz CT molecular complexity index is 1340. The lowest BCUT2D eigenvalue weighted by Crippen LogP contribution is -2.07. The second-order valence-electron chi connectivity index (χ2n) is 9.71. The zero-order chi connectivity index (χ0) is 25.2. The highest BCUT2D eigenvalue weighted by Crippen LogP contribution is 2.34. The number of aryl methyl sites for hydroxylation is 3. The summed E-state index contributed by atoms with van der Waals surface area (Å²) in [5, 5.41) is 22.0. The SMILES string of the molecule is Cc1ccc(C(O)c2ccc(C(c3ccc(C)cc3)c3ccc(C(O)c4ccc(C)cc4)[nH]3)[nH]2)cc1. The minimum atomic E-state index is -0.736. The van der Waals surface area contributed by atoms with Gasteiger partial charge in [-0.25, -0.2) is 0 Å². The summed E-state index contributed by atoms with van der Waals surface area (Å²) in [7, 11) is 0. The molecule has 36 heavy (non-hydrogen) atoms. The molecule has 0 saturated carbocycles. The van der Waals surface area contributed by atoms with Crippen LogP contribution in [0.2, 0.25) is 0 Å². The van der Waals surface area contributed by atoms with E-state index in [0.29, 0.717) is 0 Å². The first-order valence-electron chi connectivity index (χ1n) is 12.3. The van der Waals surface area contributed by atoms with Gasteiger partial charge < -0.3 is 20.2 Å². The monoisotopic (exact) mass is 476 g/mol. The van der Waals surface area contributed by atoms with Crippen molar-refractivity contribution in [2.75, 3.05) is 0 Å². The number of H-pyrrole nitrogens is 2. The third kappa shape index (κ3) is 4.92. The van der Waals surface area contributed by atoms with Gasteiger partial charge in [0.05, 0.1) is 5.92 Å². The van der Waals surface area contributed by atoms with Gasteiger partial charge in [0.2, 0.25) is 0 Å². The van der Waals surface area contributed by atoms with E-state index in [1.54, 1.807) is 0 Å². The Morgan fingerprint density at radius 1 is 0.417 bits per heavy atom. The Hall–Kier alpha value is -3.86. The fourth-order valence-corrected chi connectivity index (χ4v) is 4.66.